The highest BCUT2D eigenvalue weighted by Crippen LogP contribution is 2.25. The average molecular weight is 399 g/mol. The van der Waals surface area contributed by atoms with Crippen LogP contribution in [0, 0.1) is 6.92 Å². The molecule has 0 saturated carbocycles. The van der Waals surface area contributed by atoms with E-state index in [-0.39, 0.29) is 5.91 Å². The summed E-state index contributed by atoms with van der Waals surface area (Å²) in [5, 5.41) is 6.95. The highest BCUT2D eigenvalue weighted by molar-refractivity contribution is 6.06. The van der Waals surface area contributed by atoms with Crippen LogP contribution in [0.4, 0.5) is 5.69 Å². The Morgan fingerprint density at radius 3 is 2.40 bits per heavy atom. The molecule has 1 heterocycles. The van der Waals surface area contributed by atoms with Gasteiger partial charge in [-0.1, -0.05) is 47.1 Å². The van der Waals surface area contributed by atoms with E-state index in [1.54, 1.807) is 24.3 Å². The molecule has 0 saturated heterocycles. The molecule has 6 heteroatoms. The number of aromatic nitrogens is 2. The second kappa shape index (κ2) is 8.61. The summed E-state index contributed by atoms with van der Waals surface area (Å²) in [5.41, 5.74) is 3.99. The quantitative estimate of drug-likeness (QED) is 0.472. The number of anilines is 1. The van der Waals surface area contributed by atoms with Gasteiger partial charge in [0.15, 0.2) is 0 Å². The van der Waals surface area contributed by atoms with Gasteiger partial charge in [-0.25, -0.2) is 0 Å². The van der Waals surface area contributed by atoms with E-state index >= 15 is 0 Å². The van der Waals surface area contributed by atoms with Gasteiger partial charge in [0.05, 0.1) is 12.2 Å². The van der Waals surface area contributed by atoms with Crippen molar-refractivity contribution in [2.45, 2.75) is 13.8 Å². The second-order valence-electron chi connectivity index (χ2n) is 6.75. The molecule has 0 aliphatic rings. The van der Waals surface area contributed by atoms with Gasteiger partial charge >= 0.3 is 0 Å². The zero-order valence-electron chi connectivity index (χ0n) is 16.8. The number of carbonyl (C=O) groups excluding carboxylic acids is 1. The number of aryl methyl sites for hydroxylation is 1. The fourth-order valence-corrected chi connectivity index (χ4v) is 2.99. The van der Waals surface area contributed by atoms with Crippen LogP contribution in [0.25, 0.3) is 22.8 Å². The highest BCUT2D eigenvalue weighted by atomic mass is 16.5. The molecule has 1 N–H and O–H groups in total. The number of benzene rings is 3. The van der Waals surface area contributed by atoms with Gasteiger partial charge in [0.2, 0.25) is 5.82 Å². The van der Waals surface area contributed by atoms with Crippen LogP contribution in [0.3, 0.4) is 0 Å². The van der Waals surface area contributed by atoms with E-state index in [9.17, 15) is 4.79 Å². The number of carbonyl (C=O) groups is 1. The number of hydrogen-bond acceptors (Lipinski definition) is 5. The molecule has 0 aliphatic carbocycles. The summed E-state index contributed by atoms with van der Waals surface area (Å²) in [6.07, 6.45) is 0. The lowest BCUT2D eigenvalue weighted by Gasteiger charge is -2.10. The molecule has 0 radical (unpaired) electrons. The summed E-state index contributed by atoms with van der Waals surface area (Å²) in [5.74, 6) is 1.29. The first-order valence-electron chi connectivity index (χ1n) is 9.68. The van der Waals surface area contributed by atoms with Crippen molar-refractivity contribution in [1.29, 1.82) is 0 Å². The Labute approximate surface area is 174 Å². The number of ether oxygens (including phenoxy) is 1. The molecule has 150 valence electrons. The van der Waals surface area contributed by atoms with E-state index in [1.807, 2.05) is 62.4 Å². The van der Waals surface area contributed by atoms with Crippen molar-refractivity contribution in [2.75, 3.05) is 11.9 Å². The lowest BCUT2D eigenvalue weighted by molar-refractivity contribution is 0.102. The summed E-state index contributed by atoms with van der Waals surface area (Å²) in [4.78, 5) is 17.1. The van der Waals surface area contributed by atoms with E-state index in [0.717, 1.165) is 11.1 Å². The van der Waals surface area contributed by atoms with Crippen molar-refractivity contribution in [3.63, 3.8) is 0 Å². The van der Waals surface area contributed by atoms with Gasteiger partial charge in [-0.2, -0.15) is 4.98 Å². The molecule has 4 rings (SSSR count). The minimum absolute atomic E-state index is 0.230. The predicted octanol–water partition coefficient (Wildman–Crippen LogP) is 5.36. The maximum atomic E-state index is 12.6. The van der Waals surface area contributed by atoms with E-state index in [1.165, 1.54) is 5.56 Å². The van der Waals surface area contributed by atoms with Crippen LogP contribution < -0.4 is 10.1 Å². The predicted molar refractivity (Wildman–Crippen MR) is 115 cm³/mol. The minimum atomic E-state index is -0.230. The summed E-state index contributed by atoms with van der Waals surface area (Å²) in [6.45, 7) is 4.41. The first kappa shape index (κ1) is 19.4. The monoisotopic (exact) mass is 399 g/mol. The zero-order chi connectivity index (χ0) is 20.9. The second-order valence-corrected chi connectivity index (χ2v) is 6.75. The van der Waals surface area contributed by atoms with Gasteiger partial charge in [0, 0.05) is 16.8 Å². The Morgan fingerprint density at radius 1 is 0.967 bits per heavy atom. The third-order valence-electron chi connectivity index (χ3n) is 4.56. The van der Waals surface area contributed by atoms with Crippen molar-refractivity contribution in [3.05, 3.63) is 83.9 Å². The molecule has 30 heavy (non-hydrogen) atoms. The number of hydrogen-bond donors (Lipinski definition) is 1. The average Bonchev–Trinajstić information content (AvgIpc) is 3.26. The molecular weight excluding hydrogens is 378 g/mol. The molecule has 0 fully saturated rings. The summed E-state index contributed by atoms with van der Waals surface area (Å²) in [7, 11) is 0. The number of para-hydroxylation sites is 1. The van der Waals surface area contributed by atoms with E-state index in [0.29, 0.717) is 35.3 Å². The Hall–Kier alpha value is -3.93. The van der Waals surface area contributed by atoms with Gasteiger partial charge in [-0.15, -0.1) is 0 Å². The molecule has 3 aromatic carbocycles. The summed E-state index contributed by atoms with van der Waals surface area (Å²) < 4.78 is 10.9. The molecule has 1 amide bonds. The van der Waals surface area contributed by atoms with E-state index in [4.69, 9.17) is 9.26 Å². The van der Waals surface area contributed by atoms with Gasteiger partial charge < -0.3 is 14.6 Å². The number of nitrogens with zero attached hydrogens (tertiary/aromatic N) is 2. The molecule has 0 atom stereocenters. The first-order valence-corrected chi connectivity index (χ1v) is 9.68. The molecule has 0 spiro atoms. The maximum Gasteiger partial charge on any atom is 0.259 e. The fraction of sp³-hybridized carbons (Fsp3) is 0.125. The summed E-state index contributed by atoms with van der Waals surface area (Å²) in [6, 6.07) is 22.4. The number of nitrogens with one attached hydrogen (secondary N) is 1. The fourth-order valence-electron chi connectivity index (χ4n) is 2.99. The van der Waals surface area contributed by atoms with Crippen molar-refractivity contribution in [1.82, 2.24) is 10.1 Å². The van der Waals surface area contributed by atoms with E-state index < -0.39 is 0 Å². The van der Waals surface area contributed by atoms with Gasteiger partial charge in [0.1, 0.15) is 5.75 Å². The van der Waals surface area contributed by atoms with E-state index in [2.05, 4.69) is 15.5 Å². The normalized spacial score (nSPS) is 10.6. The van der Waals surface area contributed by atoms with Gasteiger partial charge in [-0.3, -0.25) is 4.79 Å². The molecule has 0 aliphatic heterocycles. The van der Waals surface area contributed by atoms with Crippen molar-refractivity contribution >= 4 is 11.6 Å². The van der Waals surface area contributed by atoms with Crippen LogP contribution in [-0.2, 0) is 0 Å². The van der Waals surface area contributed by atoms with Crippen molar-refractivity contribution in [2.24, 2.45) is 0 Å². The third kappa shape index (κ3) is 4.22. The highest BCUT2D eigenvalue weighted by Gasteiger charge is 2.13. The first-order chi connectivity index (χ1) is 14.6. The van der Waals surface area contributed by atoms with Crippen LogP contribution in [0.15, 0.2) is 77.3 Å². The van der Waals surface area contributed by atoms with Crippen molar-refractivity contribution < 1.29 is 14.1 Å². The SMILES string of the molecule is CCOc1ccccc1C(=O)Nc1ccc(-c2nc(-c3ccc(C)cc3)no2)cc1. The maximum absolute atomic E-state index is 12.6. The van der Waals surface area contributed by atoms with Crippen LogP contribution in [0.1, 0.15) is 22.8 Å². The molecule has 1 aromatic heterocycles. The van der Waals surface area contributed by atoms with Crippen LogP contribution in [0.2, 0.25) is 0 Å². The molecule has 0 unspecified atom stereocenters. The smallest absolute Gasteiger partial charge is 0.259 e. The van der Waals surface area contributed by atoms with Gasteiger partial charge in [-0.05, 0) is 50.2 Å². The number of rotatable bonds is 6. The molecule has 0 bridgehead atoms. The molecule has 6 nitrogen and oxygen atoms in total. The van der Waals surface area contributed by atoms with Crippen LogP contribution in [0.5, 0.6) is 5.75 Å². The Bertz CT molecular complexity index is 1150. The van der Waals surface area contributed by atoms with Gasteiger partial charge in [0.25, 0.3) is 11.8 Å². The minimum Gasteiger partial charge on any atom is -0.493 e. The van der Waals surface area contributed by atoms with Crippen LogP contribution >= 0.6 is 0 Å². The Balaban J connectivity index is 1.48. The standard InChI is InChI=1S/C24H21N3O3/c1-3-29-21-7-5-4-6-20(21)23(28)25-19-14-12-18(13-15-19)24-26-22(27-30-24)17-10-8-16(2)9-11-17/h4-15H,3H2,1-2H3,(H,25,28). The third-order valence-corrected chi connectivity index (χ3v) is 4.56. The molecule has 4 aromatic rings. The lowest BCUT2D eigenvalue weighted by Crippen LogP contribution is -2.13. The van der Waals surface area contributed by atoms with Crippen LogP contribution in [-0.4, -0.2) is 22.7 Å². The summed E-state index contributed by atoms with van der Waals surface area (Å²) >= 11 is 0. The van der Waals surface area contributed by atoms with Crippen molar-refractivity contribution in [3.8, 4) is 28.6 Å². The zero-order valence-corrected chi connectivity index (χ0v) is 16.8. The topological polar surface area (TPSA) is 77.2 Å². The molecular formula is C24H21N3O3. The number of amides is 1. The largest absolute Gasteiger partial charge is 0.493 e. The Morgan fingerprint density at radius 2 is 1.67 bits per heavy atom. The lowest BCUT2D eigenvalue weighted by atomic mass is 10.1. The Kier molecular flexibility index (Phi) is 5.57.